The Kier molecular flexibility index (Phi) is 6.31. The van der Waals surface area contributed by atoms with Crippen LogP contribution in [-0.2, 0) is 4.74 Å². The summed E-state index contributed by atoms with van der Waals surface area (Å²) in [5.74, 6) is -1.57. The number of benzene rings is 1. The number of hydrazine groups is 1. The van der Waals surface area contributed by atoms with Crippen LogP contribution in [0, 0.1) is 0 Å². The molecule has 3 rings (SSSR count). The van der Waals surface area contributed by atoms with Crippen molar-refractivity contribution in [2.24, 2.45) is 0 Å². The second-order valence-corrected chi connectivity index (χ2v) is 9.56. The van der Waals surface area contributed by atoms with Crippen LogP contribution in [0.5, 0.6) is 0 Å². The molecule has 0 N–H and O–H groups in total. The minimum absolute atomic E-state index is 0.124. The topological polar surface area (TPSA) is 66.9 Å². The molecule has 1 heterocycles. The van der Waals surface area contributed by atoms with Gasteiger partial charge in [0, 0.05) is 0 Å². The van der Waals surface area contributed by atoms with Gasteiger partial charge in [-0.3, -0.25) is 9.59 Å². The maximum Gasteiger partial charge on any atom is 0.430 e. The zero-order valence-corrected chi connectivity index (χ0v) is 19.2. The van der Waals surface area contributed by atoms with Crippen LogP contribution in [0.1, 0.15) is 73.6 Å². The lowest BCUT2D eigenvalue weighted by Crippen LogP contribution is -2.56. The monoisotopic (exact) mass is 480 g/mol. The van der Waals surface area contributed by atoms with Crippen LogP contribution in [0.25, 0.3) is 0 Å². The van der Waals surface area contributed by atoms with Gasteiger partial charge in [0.25, 0.3) is 11.8 Å². The molecule has 0 radical (unpaired) electrons. The number of fused-ring (bicyclic) bond motifs is 1. The van der Waals surface area contributed by atoms with Crippen molar-refractivity contribution in [3.8, 4) is 0 Å². The lowest BCUT2D eigenvalue weighted by Gasteiger charge is -2.39. The molecule has 2 aliphatic rings. The summed E-state index contributed by atoms with van der Waals surface area (Å²) >= 11 is 24.6. The summed E-state index contributed by atoms with van der Waals surface area (Å²) in [7, 11) is 0. The highest BCUT2D eigenvalue weighted by Crippen LogP contribution is 2.45. The zero-order chi connectivity index (χ0) is 21.7. The molecule has 10 heteroatoms. The molecule has 158 valence electrons. The van der Waals surface area contributed by atoms with Gasteiger partial charge in [-0.1, -0.05) is 65.7 Å². The first-order valence-corrected chi connectivity index (χ1v) is 10.7. The number of hydrogen-bond acceptors (Lipinski definition) is 4. The molecule has 0 saturated heterocycles. The Bertz CT molecular complexity index is 844. The van der Waals surface area contributed by atoms with Gasteiger partial charge < -0.3 is 4.74 Å². The molecule has 6 nitrogen and oxygen atoms in total. The van der Waals surface area contributed by atoms with E-state index in [1.807, 2.05) is 0 Å². The predicted molar refractivity (Wildman–Crippen MR) is 112 cm³/mol. The number of halogens is 4. The van der Waals surface area contributed by atoms with Crippen LogP contribution in [-0.4, -0.2) is 39.6 Å². The molecule has 3 amide bonds. The summed E-state index contributed by atoms with van der Waals surface area (Å²) in [4.78, 5) is 39.4. The minimum Gasteiger partial charge on any atom is -0.442 e. The van der Waals surface area contributed by atoms with E-state index in [4.69, 9.17) is 51.1 Å². The maximum atomic E-state index is 13.2. The molecule has 0 bridgehead atoms. The van der Waals surface area contributed by atoms with E-state index in [1.165, 1.54) is 0 Å². The Balaban J connectivity index is 2.10. The van der Waals surface area contributed by atoms with Gasteiger partial charge in [-0.15, -0.1) is 0 Å². The number of rotatable bonds is 2. The van der Waals surface area contributed by atoms with Crippen molar-refractivity contribution in [3.63, 3.8) is 0 Å². The molecular weight excluding hydrogens is 462 g/mol. The Morgan fingerprint density at radius 2 is 1.34 bits per heavy atom. The van der Waals surface area contributed by atoms with E-state index in [0.29, 0.717) is 12.8 Å². The highest BCUT2D eigenvalue weighted by atomic mass is 35.5. The highest BCUT2D eigenvalue weighted by molar-refractivity contribution is 6.55. The molecule has 1 aromatic carbocycles. The number of ether oxygens (including phenoxy) is 1. The molecule has 1 saturated carbocycles. The standard InChI is InChI=1S/C19H20Cl4N2O4/c1-19(2,3)29-18(28)24(9-7-5-4-6-8-9)25-16(26)10-11(17(25)27)13(21)15(23)14(22)12(10)20/h9H,4-8H2,1-3H3. The second-order valence-electron chi connectivity index (χ2n) is 8.04. The van der Waals surface area contributed by atoms with Crippen molar-refractivity contribution in [3.05, 3.63) is 31.2 Å². The van der Waals surface area contributed by atoms with Crippen molar-refractivity contribution in [2.75, 3.05) is 0 Å². The number of imide groups is 1. The Morgan fingerprint density at radius 1 is 0.897 bits per heavy atom. The summed E-state index contributed by atoms with van der Waals surface area (Å²) in [6.07, 6.45) is 3.23. The van der Waals surface area contributed by atoms with E-state index in [1.54, 1.807) is 20.8 Å². The average molecular weight is 482 g/mol. The number of nitrogens with zero attached hydrogens (tertiary/aromatic N) is 2. The highest BCUT2D eigenvalue weighted by Gasteiger charge is 2.48. The van der Waals surface area contributed by atoms with Crippen molar-refractivity contribution in [1.29, 1.82) is 0 Å². The van der Waals surface area contributed by atoms with Crippen molar-refractivity contribution in [2.45, 2.75) is 64.5 Å². The van der Waals surface area contributed by atoms with Gasteiger partial charge in [-0.05, 0) is 33.6 Å². The Morgan fingerprint density at radius 3 is 1.76 bits per heavy atom. The van der Waals surface area contributed by atoms with E-state index in [2.05, 4.69) is 0 Å². The first kappa shape index (κ1) is 22.5. The summed E-state index contributed by atoms with van der Waals surface area (Å²) < 4.78 is 5.49. The average Bonchev–Trinajstić information content (AvgIpc) is 2.89. The summed E-state index contributed by atoms with van der Waals surface area (Å²) in [5.41, 5.74) is -1.15. The van der Waals surface area contributed by atoms with Crippen molar-refractivity contribution < 1.29 is 19.1 Å². The molecule has 1 aliphatic heterocycles. The van der Waals surface area contributed by atoms with Gasteiger partial charge in [-0.2, -0.15) is 5.01 Å². The molecule has 0 atom stereocenters. The molecule has 0 aromatic heterocycles. The van der Waals surface area contributed by atoms with Crippen LogP contribution in [0.15, 0.2) is 0 Å². The summed E-state index contributed by atoms with van der Waals surface area (Å²) in [6.45, 7) is 5.12. The lowest BCUT2D eigenvalue weighted by atomic mass is 9.95. The van der Waals surface area contributed by atoms with Gasteiger partial charge in [-0.25, -0.2) is 9.80 Å². The van der Waals surface area contributed by atoms with Crippen LogP contribution in [0.2, 0.25) is 20.1 Å². The van der Waals surface area contributed by atoms with Crippen LogP contribution in [0.4, 0.5) is 4.79 Å². The summed E-state index contributed by atoms with van der Waals surface area (Å²) in [6, 6.07) is -0.371. The summed E-state index contributed by atoms with van der Waals surface area (Å²) in [5, 5.41) is 1.26. The molecule has 29 heavy (non-hydrogen) atoms. The number of carbonyl (C=O) groups excluding carboxylic acids is 3. The molecule has 1 aromatic rings. The predicted octanol–water partition coefficient (Wildman–Crippen LogP) is 6.38. The fourth-order valence-electron chi connectivity index (χ4n) is 3.56. The zero-order valence-electron chi connectivity index (χ0n) is 16.2. The molecule has 0 spiro atoms. The third kappa shape index (κ3) is 4.05. The molecule has 1 aliphatic carbocycles. The third-order valence-corrected chi connectivity index (χ3v) is 6.60. The van der Waals surface area contributed by atoms with Gasteiger partial charge >= 0.3 is 6.09 Å². The van der Waals surface area contributed by atoms with E-state index in [9.17, 15) is 14.4 Å². The fraction of sp³-hybridized carbons (Fsp3) is 0.526. The Hall–Kier alpha value is -1.21. The first-order chi connectivity index (χ1) is 13.5. The maximum absolute atomic E-state index is 13.2. The molecule has 0 unspecified atom stereocenters. The van der Waals surface area contributed by atoms with Crippen LogP contribution in [0.3, 0.4) is 0 Å². The number of amides is 3. The normalized spacial score (nSPS) is 17.6. The minimum atomic E-state index is -0.815. The largest absolute Gasteiger partial charge is 0.442 e. The SMILES string of the molecule is CC(C)(C)OC(=O)N(C1CCCCC1)N1C(=O)c2c(Cl)c(Cl)c(Cl)c(Cl)c2C1=O. The lowest BCUT2D eigenvalue weighted by molar-refractivity contribution is -0.0500. The third-order valence-electron chi connectivity index (χ3n) is 4.80. The Labute approximate surface area is 188 Å². The first-order valence-electron chi connectivity index (χ1n) is 9.22. The van der Waals surface area contributed by atoms with E-state index >= 15 is 0 Å². The van der Waals surface area contributed by atoms with Gasteiger partial charge in [0.15, 0.2) is 0 Å². The van der Waals surface area contributed by atoms with Crippen LogP contribution < -0.4 is 0 Å². The quantitative estimate of drug-likeness (QED) is 0.279. The van der Waals surface area contributed by atoms with Gasteiger partial charge in [0.05, 0.1) is 37.3 Å². The van der Waals surface area contributed by atoms with Crippen molar-refractivity contribution in [1.82, 2.24) is 10.0 Å². The van der Waals surface area contributed by atoms with Gasteiger partial charge in [0.1, 0.15) is 5.60 Å². The fourth-order valence-corrected chi connectivity index (χ4v) is 4.58. The molecular formula is C19H20Cl4N2O4. The number of carbonyl (C=O) groups is 3. The van der Waals surface area contributed by atoms with Gasteiger partial charge in [0.2, 0.25) is 0 Å². The molecule has 1 fully saturated rings. The van der Waals surface area contributed by atoms with E-state index < -0.39 is 23.5 Å². The van der Waals surface area contributed by atoms with Crippen LogP contribution >= 0.6 is 46.4 Å². The smallest absolute Gasteiger partial charge is 0.430 e. The van der Waals surface area contributed by atoms with Crippen molar-refractivity contribution >= 4 is 64.3 Å². The van der Waals surface area contributed by atoms with E-state index in [0.717, 1.165) is 29.3 Å². The second kappa shape index (κ2) is 8.14. The van der Waals surface area contributed by atoms with E-state index in [-0.39, 0.29) is 37.3 Å². The number of hydrogen-bond donors (Lipinski definition) is 0.